The molecule has 1 aromatic heterocycles. The van der Waals surface area contributed by atoms with Crippen LogP contribution in [0.15, 0.2) is 64.5 Å². The van der Waals surface area contributed by atoms with Gasteiger partial charge in [0, 0.05) is 16.3 Å². The van der Waals surface area contributed by atoms with Gasteiger partial charge in [0.1, 0.15) is 10.8 Å². The van der Waals surface area contributed by atoms with E-state index in [2.05, 4.69) is 19.2 Å². The smallest absolute Gasteiger partial charge is 0.252 e. The second-order valence-corrected chi connectivity index (χ2v) is 9.47. The largest absolute Gasteiger partial charge is 0.494 e. The Bertz CT molecular complexity index is 1050. The summed E-state index contributed by atoms with van der Waals surface area (Å²) in [5.74, 6) is 1.98. The second kappa shape index (κ2) is 9.73. The third-order valence-corrected chi connectivity index (χ3v) is 7.24. The summed E-state index contributed by atoms with van der Waals surface area (Å²) >= 11 is 1.56. The molecule has 4 nitrogen and oxygen atoms in total. The number of benzene rings is 2. The average molecular weight is 435 g/mol. The van der Waals surface area contributed by atoms with Gasteiger partial charge in [-0.25, -0.2) is 4.98 Å². The first kappa shape index (κ1) is 21.7. The standard InChI is InChI=1S/C26H30N2O2S/c1-4-30-19-12-14-20(15-13-19)31-25-16-22(21-9-5-6-10-24(21)27-25)26(29)28-23-11-7-8-17(2)18(23)3/h5-6,9-10,12-18,23H,4,7-8,11H2,1-3H3,(H,28,29). The first-order valence-corrected chi connectivity index (χ1v) is 12.0. The van der Waals surface area contributed by atoms with Crippen LogP contribution in [0.1, 0.15) is 50.4 Å². The van der Waals surface area contributed by atoms with Crippen molar-refractivity contribution in [2.75, 3.05) is 6.61 Å². The Morgan fingerprint density at radius 1 is 1.13 bits per heavy atom. The van der Waals surface area contributed by atoms with E-state index in [4.69, 9.17) is 9.72 Å². The number of hydrogen-bond acceptors (Lipinski definition) is 4. The predicted octanol–water partition coefficient (Wildman–Crippen LogP) is 6.34. The maximum absolute atomic E-state index is 13.3. The number of carbonyl (C=O) groups excluding carboxylic acids is 1. The van der Waals surface area contributed by atoms with Gasteiger partial charge in [-0.15, -0.1) is 0 Å². The number of fused-ring (bicyclic) bond motifs is 1. The second-order valence-electron chi connectivity index (χ2n) is 8.38. The minimum absolute atomic E-state index is 0.00177. The Labute approximate surface area is 188 Å². The maximum Gasteiger partial charge on any atom is 0.252 e. The molecule has 0 radical (unpaired) electrons. The number of nitrogens with zero attached hydrogens (tertiary/aromatic N) is 1. The number of hydrogen-bond donors (Lipinski definition) is 1. The van der Waals surface area contributed by atoms with Crippen LogP contribution in [0.4, 0.5) is 0 Å². The summed E-state index contributed by atoms with van der Waals surface area (Å²) in [4.78, 5) is 19.2. The fraction of sp³-hybridized carbons (Fsp3) is 0.385. The van der Waals surface area contributed by atoms with Crippen LogP contribution in [0.5, 0.6) is 5.75 Å². The molecule has 1 saturated carbocycles. The molecular formula is C26H30N2O2S. The molecule has 0 spiro atoms. The molecule has 0 saturated heterocycles. The predicted molar refractivity (Wildman–Crippen MR) is 127 cm³/mol. The van der Waals surface area contributed by atoms with Crippen LogP contribution in [0.2, 0.25) is 0 Å². The fourth-order valence-electron chi connectivity index (χ4n) is 4.31. The zero-order valence-corrected chi connectivity index (χ0v) is 19.2. The van der Waals surface area contributed by atoms with Crippen LogP contribution < -0.4 is 10.1 Å². The molecule has 1 N–H and O–H groups in total. The lowest BCUT2D eigenvalue weighted by atomic mass is 9.78. The SMILES string of the molecule is CCOc1ccc(Sc2cc(C(=O)NC3CCCC(C)C3C)c3ccccc3n2)cc1. The zero-order chi connectivity index (χ0) is 21.8. The fourth-order valence-corrected chi connectivity index (χ4v) is 5.15. The Kier molecular flexibility index (Phi) is 6.81. The topological polar surface area (TPSA) is 51.2 Å². The molecule has 31 heavy (non-hydrogen) atoms. The molecule has 0 bridgehead atoms. The van der Waals surface area contributed by atoms with E-state index in [1.165, 1.54) is 12.8 Å². The van der Waals surface area contributed by atoms with Crippen molar-refractivity contribution in [3.05, 3.63) is 60.2 Å². The van der Waals surface area contributed by atoms with Crippen LogP contribution in [0.3, 0.4) is 0 Å². The quantitative estimate of drug-likeness (QED) is 0.492. The zero-order valence-electron chi connectivity index (χ0n) is 18.4. The van der Waals surface area contributed by atoms with E-state index in [1.807, 2.05) is 61.5 Å². The normalized spacial score (nSPS) is 21.1. The summed E-state index contributed by atoms with van der Waals surface area (Å²) in [5.41, 5.74) is 1.54. The third kappa shape index (κ3) is 5.04. The van der Waals surface area contributed by atoms with E-state index in [0.29, 0.717) is 24.0 Å². The summed E-state index contributed by atoms with van der Waals surface area (Å²) < 4.78 is 5.53. The van der Waals surface area contributed by atoms with Crippen LogP contribution in [0.25, 0.3) is 10.9 Å². The highest BCUT2D eigenvalue weighted by atomic mass is 32.2. The summed E-state index contributed by atoms with van der Waals surface area (Å²) in [6.45, 7) is 7.17. The maximum atomic E-state index is 13.3. The van der Waals surface area contributed by atoms with E-state index < -0.39 is 0 Å². The molecule has 1 amide bonds. The molecule has 3 aromatic rings. The highest BCUT2D eigenvalue weighted by Crippen LogP contribution is 2.32. The van der Waals surface area contributed by atoms with Gasteiger partial charge in [0.2, 0.25) is 0 Å². The minimum atomic E-state index is -0.00177. The molecule has 3 atom stereocenters. The summed E-state index contributed by atoms with van der Waals surface area (Å²) in [6.07, 6.45) is 3.47. The van der Waals surface area contributed by atoms with Gasteiger partial charge < -0.3 is 10.1 Å². The van der Waals surface area contributed by atoms with Gasteiger partial charge in [0.15, 0.2) is 0 Å². The van der Waals surface area contributed by atoms with Crippen LogP contribution >= 0.6 is 11.8 Å². The number of rotatable bonds is 6. The molecule has 162 valence electrons. The number of carbonyl (C=O) groups is 1. The van der Waals surface area contributed by atoms with E-state index in [9.17, 15) is 4.79 Å². The van der Waals surface area contributed by atoms with Gasteiger partial charge in [-0.1, -0.05) is 56.7 Å². The first-order valence-electron chi connectivity index (χ1n) is 11.2. The Morgan fingerprint density at radius 3 is 2.68 bits per heavy atom. The Hall–Kier alpha value is -2.53. The molecule has 0 aliphatic heterocycles. The Balaban J connectivity index is 1.61. The van der Waals surface area contributed by atoms with Gasteiger partial charge in [-0.3, -0.25) is 4.79 Å². The highest BCUT2D eigenvalue weighted by Gasteiger charge is 2.29. The van der Waals surface area contributed by atoms with Crippen molar-refractivity contribution in [2.45, 2.75) is 56.0 Å². The number of ether oxygens (including phenoxy) is 1. The summed E-state index contributed by atoms with van der Waals surface area (Å²) in [7, 11) is 0. The van der Waals surface area contributed by atoms with Crippen molar-refractivity contribution in [3.63, 3.8) is 0 Å². The third-order valence-electron chi connectivity index (χ3n) is 6.32. The van der Waals surface area contributed by atoms with Crippen molar-refractivity contribution >= 4 is 28.6 Å². The van der Waals surface area contributed by atoms with Crippen LogP contribution in [-0.4, -0.2) is 23.5 Å². The lowest BCUT2D eigenvalue weighted by Crippen LogP contribution is -2.43. The van der Waals surface area contributed by atoms with Gasteiger partial charge in [-0.05, 0) is 61.6 Å². The molecule has 1 heterocycles. The molecule has 4 rings (SSSR count). The monoisotopic (exact) mass is 434 g/mol. The van der Waals surface area contributed by atoms with E-state index in [1.54, 1.807) is 11.8 Å². The molecule has 1 aliphatic rings. The van der Waals surface area contributed by atoms with E-state index in [0.717, 1.165) is 33.0 Å². The first-order chi connectivity index (χ1) is 15.0. The van der Waals surface area contributed by atoms with E-state index in [-0.39, 0.29) is 11.9 Å². The molecule has 5 heteroatoms. The summed E-state index contributed by atoms with van der Waals surface area (Å²) in [5, 5.41) is 5.04. The van der Waals surface area contributed by atoms with Crippen LogP contribution in [0, 0.1) is 11.8 Å². The van der Waals surface area contributed by atoms with Gasteiger partial charge in [0.25, 0.3) is 5.91 Å². The molecule has 1 aliphatic carbocycles. The van der Waals surface area contributed by atoms with Crippen LogP contribution in [-0.2, 0) is 0 Å². The van der Waals surface area contributed by atoms with Crippen molar-refractivity contribution < 1.29 is 9.53 Å². The molecule has 3 unspecified atom stereocenters. The number of amides is 1. The average Bonchev–Trinajstić information content (AvgIpc) is 2.78. The Morgan fingerprint density at radius 2 is 1.90 bits per heavy atom. The number of para-hydroxylation sites is 1. The van der Waals surface area contributed by atoms with Crippen molar-refractivity contribution in [1.82, 2.24) is 10.3 Å². The molecule has 2 aromatic carbocycles. The van der Waals surface area contributed by atoms with E-state index >= 15 is 0 Å². The van der Waals surface area contributed by atoms with Gasteiger partial charge in [-0.2, -0.15) is 0 Å². The lowest BCUT2D eigenvalue weighted by molar-refractivity contribution is 0.0892. The van der Waals surface area contributed by atoms with Gasteiger partial charge >= 0.3 is 0 Å². The molecular weight excluding hydrogens is 404 g/mol. The lowest BCUT2D eigenvalue weighted by Gasteiger charge is -2.34. The van der Waals surface area contributed by atoms with Crippen molar-refractivity contribution in [2.24, 2.45) is 11.8 Å². The number of aromatic nitrogens is 1. The minimum Gasteiger partial charge on any atom is -0.494 e. The number of pyridine rings is 1. The molecule has 1 fully saturated rings. The summed E-state index contributed by atoms with van der Waals surface area (Å²) in [6, 6.07) is 18.0. The number of nitrogens with one attached hydrogen (secondary N) is 1. The highest BCUT2D eigenvalue weighted by molar-refractivity contribution is 7.99. The van der Waals surface area contributed by atoms with Gasteiger partial charge in [0.05, 0.1) is 17.7 Å². The van der Waals surface area contributed by atoms with Crippen molar-refractivity contribution in [1.29, 1.82) is 0 Å². The van der Waals surface area contributed by atoms with Crippen molar-refractivity contribution in [3.8, 4) is 5.75 Å².